The van der Waals surface area contributed by atoms with Gasteiger partial charge in [-0.05, 0) is 31.9 Å². The lowest BCUT2D eigenvalue weighted by molar-refractivity contribution is -0.119. The molecule has 3 rings (SSSR count). The summed E-state index contributed by atoms with van der Waals surface area (Å²) in [6.45, 7) is 3.29. The van der Waals surface area contributed by atoms with Crippen LogP contribution in [0.15, 0.2) is 28.6 Å². The summed E-state index contributed by atoms with van der Waals surface area (Å²) in [5.74, 6) is 0.175. The van der Waals surface area contributed by atoms with E-state index in [0.717, 1.165) is 25.0 Å². The molecule has 2 heterocycles. The fourth-order valence-electron chi connectivity index (χ4n) is 2.43. The Kier molecular flexibility index (Phi) is 7.02. The minimum atomic E-state index is -0.388. The van der Waals surface area contributed by atoms with Crippen LogP contribution in [-0.4, -0.2) is 47.1 Å². The third-order valence-corrected chi connectivity index (χ3v) is 5.79. The van der Waals surface area contributed by atoms with Gasteiger partial charge in [0.25, 0.3) is 0 Å². The third kappa shape index (κ3) is 6.49. The fraction of sp³-hybridized carbons (Fsp3) is 0.412. The SMILES string of the molecule is Cc1ccc(NC(=O)Nc2nnc(SCC(=O)NCC3CCCO3)s2)cc1. The predicted octanol–water partition coefficient (Wildman–Crippen LogP) is 2.88. The Morgan fingerprint density at radius 2 is 2.07 bits per heavy atom. The highest BCUT2D eigenvalue weighted by molar-refractivity contribution is 8.01. The van der Waals surface area contributed by atoms with Crippen LogP contribution in [0.4, 0.5) is 15.6 Å². The highest BCUT2D eigenvalue weighted by atomic mass is 32.2. The maximum absolute atomic E-state index is 12.0. The maximum atomic E-state index is 12.0. The van der Waals surface area contributed by atoms with Gasteiger partial charge < -0.3 is 15.4 Å². The minimum absolute atomic E-state index is 0.0719. The summed E-state index contributed by atoms with van der Waals surface area (Å²) in [6, 6.07) is 7.09. The van der Waals surface area contributed by atoms with Crippen LogP contribution in [0, 0.1) is 6.92 Å². The van der Waals surface area contributed by atoms with Crippen molar-refractivity contribution < 1.29 is 14.3 Å². The number of thioether (sulfide) groups is 1. The molecule has 0 spiro atoms. The largest absolute Gasteiger partial charge is 0.376 e. The number of nitrogens with zero attached hydrogens (tertiary/aromatic N) is 2. The van der Waals surface area contributed by atoms with E-state index in [1.54, 1.807) is 0 Å². The van der Waals surface area contributed by atoms with E-state index in [1.165, 1.54) is 23.1 Å². The van der Waals surface area contributed by atoms with Gasteiger partial charge in [0.05, 0.1) is 11.9 Å². The number of nitrogens with one attached hydrogen (secondary N) is 3. The predicted molar refractivity (Wildman–Crippen MR) is 106 cm³/mol. The number of ether oxygens (including phenoxy) is 1. The first-order valence-electron chi connectivity index (χ1n) is 8.58. The Hall–Kier alpha value is -2.17. The van der Waals surface area contributed by atoms with Gasteiger partial charge in [0.15, 0.2) is 4.34 Å². The number of hydrogen-bond acceptors (Lipinski definition) is 7. The minimum Gasteiger partial charge on any atom is -0.376 e. The van der Waals surface area contributed by atoms with E-state index in [0.29, 0.717) is 21.7 Å². The summed E-state index contributed by atoms with van der Waals surface area (Å²) in [7, 11) is 0. The molecule has 1 atom stereocenters. The second-order valence-corrected chi connectivity index (χ2v) is 8.25. The van der Waals surface area contributed by atoms with E-state index < -0.39 is 0 Å². The molecular formula is C17H21N5O3S2. The third-order valence-electron chi connectivity index (χ3n) is 3.81. The van der Waals surface area contributed by atoms with Gasteiger partial charge in [0, 0.05) is 18.8 Å². The number of anilines is 2. The number of benzene rings is 1. The van der Waals surface area contributed by atoms with E-state index in [4.69, 9.17) is 4.74 Å². The lowest BCUT2D eigenvalue weighted by Gasteiger charge is -2.09. The van der Waals surface area contributed by atoms with E-state index >= 15 is 0 Å². The monoisotopic (exact) mass is 407 g/mol. The smallest absolute Gasteiger partial charge is 0.325 e. The number of carbonyl (C=O) groups excluding carboxylic acids is 2. The number of hydrogen-bond donors (Lipinski definition) is 3. The summed E-state index contributed by atoms with van der Waals surface area (Å²) < 4.78 is 6.09. The first kappa shape index (κ1) is 19.6. The number of rotatable bonds is 7. The molecule has 1 saturated heterocycles. The molecule has 2 aromatic rings. The highest BCUT2D eigenvalue weighted by Gasteiger charge is 2.16. The van der Waals surface area contributed by atoms with Crippen molar-refractivity contribution in [2.24, 2.45) is 0 Å². The quantitative estimate of drug-likeness (QED) is 0.481. The summed E-state index contributed by atoms with van der Waals surface area (Å²) in [5.41, 5.74) is 1.81. The van der Waals surface area contributed by atoms with Gasteiger partial charge in [-0.15, -0.1) is 10.2 Å². The van der Waals surface area contributed by atoms with E-state index in [9.17, 15) is 9.59 Å². The van der Waals surface area contributed by atoms with E-state index in [-0.39, 0.29) is 23.8 Å². The van der Waals surface area contributed by atoms with Gasteiger partial charge >= 0.3 is 6.03 Å². The zero-order chi connectivity index (χ0) is 19.1. The molecule has 1 aliphatic heterocycles. The molecule has 0 aliphatic carbocycles. The molecule has 1 unspecified atom stereocenters. The summed E-state index contributed by atoms with van der Waals surface area (Å²) in [4.78, 5) is 23.9. The summed E-state index contributed by atoms with van der Waals surface area (Å²) in [5, 5.41) is 16.5. The van der Waals surface area contributed by atoms with E-state index in [1.807, 2.05) is 31.2 Å². The Morgan fingerprint density at radius 3 is 2.81 bits per heavy atom. The molecule has 0 radical (unpaired) electrons. The van der Waals surface area contributed by atoms with Crippen LogP contribution in [-0.2, 0) is 9.53 Å². The number of carbonyl (C=O) groups is 2. The van der Waals surface area contributed by atoms with E-state index in [2.05, 4.69) is 26.1 Å². The van der Waals surface area contributed by atoms with Gasteiger partial charge in [0.2, 0.25) is 11.0 Å². The maximum Gasteiger partial charge on any atom is 0.325 e. The molecule has 0 bridgehead atoms. The van der Waals surface area contributed by atoms with Crippen molar-refractivity contribution in [3.05, 3.63) is 29.8 Å². The zero-order valence-corrected chi connectivity index (χ0v) is 16.5. The number of aryl methyl sites for hydroxylation is 1. The molecule has 27 heavy (non-hydrogen) atoms. The van der Waals surface area contributed by atoms with Gasteiger partial charge in [-0.25, -0.2) is 4.79 Å². The number of amides is 3. The van der Waals surface area contributed by atoms with Crippen molar-refractivity contribution in [3.8, 4) is 0 Å². The first-order valence-corrected chi connectivity index (χ1v) is 10.4. The summed E-state index contributed by atoms with van der Waals surface area (Å²) >= 11 is 2.51. The highest BCUT2D eigenvalue weighted by Crippen LogP contribution is 2.25. The first-order chi connectivity index (χ1) is 13.1. The lowest BCUT2D eigenvalue weighted by Crippen LogP contribution is -2.32. The Bertz CT molecular complexity index is 775. The molecule has 3 amide bonds. The second-order valence-electron chi connectivity index (χ2n) is 6.05. The summed E-state index contributed by atoms with van der Waals surface area (Å²) in [6.07, 6.45) is 2.17. The molecule has 10 heteroatoms. The molecule has 3 N–H and O–H groups in total. The van der Waals surface area contributed by atoms with Crippen LogP contribution in [0.5, 0.6) is 0 Å². The van der Waals surface area contributed by atoms with Crippen LogP contribution >= 0.6 is 23.1 Å². The Morgan fingerprint density at radius 1 is 1.26 bits per heavy atom. The van der Waals surface area contributed by atoms with Crippen LogP contribution in [0.3, 0.4) is 0 Å². The molecule has 1 aromatic heterocycles. The van der Waals surface area contributed by atoms with Crippen molar-refractivity contribution in [1.82, 2.24) is 15.5 Å². The zero-order valence-electron chi connectivity index (χ0n) is 14.9. The van der Waals surface area contributed by atoms with Gasteiger partial charge in [-0.2, -0.15) is 0 Å². The molecule has 144 valence electrons. The van der Waals surface area contributed by atoms with Crippen LogP contribution in [0.1, 0.15) is 18.4 Å². The standard InChI is InChI=1S/C17H21N5O3S2/c1-11-4-6-12(7-5-11)19-15(24)20-16-21-22-17(27-16)26-10-14(23)18-9-13-3-2-8-25-13/h4-7,13H,2-3,8-10H2,1H3,(H,18,23)(H2,19,20,21,24). The second kappa shape index (κ2) is 9.67. The Balaban J connectivity index is 1.39. The van der Waals surface area contributed by atoms with Crippen molar-refractivity contribution >= 4 is 45.9 Å². The molecule has 0 saturated carbocycles. The lowest BCUT2D eigenvalue weighted by atomic mass is 10.2. The molecule has 1 aliphatic rings. The van der Waals surface area contributed by atoms with Gasteiger partial charge in [-0.3, -0.25) is 10.1 Å². The van der Waals surface area contributed by atoms with Crippen LogP contribution in [0.25, 0.3) is 0 Å². The molecule has 1 aromatic carbocycles. The topological polar surface area (TPSA) is 105 Å². The average Bonchev–Trinajstić information content (AvgIpc) is 3.32. The molecule has 1 fully saturated rings. The van der Waals surface area contributed by atoms with Gasteiger partial charge in [0.1, 0.15) is 0 Å². The number of urea groups is 1. The normalized spacial score (nSPS) is 16.1. The van der Waals surface area contributed by atoms with Crippen molar-refractivity contribution in [1.29, 1.82) is 0 Å². The van der Waals surface area contributed by atoms with Crippen molar-refractivity contribution in [2.75, 3.05) is 29.5 Å². The average molecular weight is 408 g/mol. The van der Waals surface area contributed by atoms with Crippen molar-refractivity contribution in [3.63, 3.8) is 0 Å². The Labute approximate surface area is 165 Å². The van der Waals surface area contributed by atoms with Gasteiger partial charge in [-0.1, -0.05) is 40.8 Å². The molecule has 8 nitrogen and oxygen atoms in total. The fourth-order valence-corrected chi connectivity index (χ4v) is 4.00. The number of aromatic nitrogens is 2. The van der Waals surface area contributed by atoms with Crippen molar-refractivity contribution in [2.45, 2.75) is 30.2 Å². The van der Waals surface area contributed by atoms with Crippen LogP contribution in [0.2, 0.25) is 0 Å². The molecular weight excluding hydrogens is 386 g/mol. The van der Waals surface area contributed by atoms with Crippen LogP contribution < -0.4 is 16.0 Å².